The fourth-order valence-electron chi connectivity index (χ4n) is 1.60. The van der Waals surface area contributed by atoms with Crippen LogP contribution in [-0.2, 0) is 4.79 Å². The average molecular weight is 234 g/mol. The van der Waals surface area contributed by atoms with E-state index in [9.17, 15) is 4.79 Å². The molecule has 94 valence electrons. The van der Waals surface area contributed by atoms with Crippen molar-refractivity contribution in [2.75, 3.05) is 11.1 Å². The highest BCUT2D eigenvalue weighted by Crippen LogP contribution is 2.26. The maximum absolute atomic E-state index is 12.0. The summed E-state index contributed by atoms with van der Waals surface area (Å²) < 4.78 is 0. The van der Waals surface area contributed by atoms with Gasteiger partial charge in [-0.2, -0.15) is 0 Å². The van der Waals surface area contributed by atoms with E-state index in [0.717, 1.165) is 16.8 Å². The van der Waals surface area contributed by atoms with Crippen molar-refractivity contribution in [1.29, 1.82) is 0 Å². The molecule has 1 atom stereocenters. The summed E-state index contributed by atoms with van der Waals surface area (Å²) in [6.45, 7) is 9.93. The van der Waals surface area contributed by atoms with Gasteiger partial charge in [0, 0.05) is 17.3 Å². The molecule has 1 unspecified atom stereocenters. The number of carbonyl (C=O) groups excluding carboxylic acids is 1. The molecule has 0 radical (unpaired) electrons. The predicted octanol–water partition coefficient (Wildman–Crippen LogP) is 3.12. The molecule has 0 aromatic heterocycles. The zero-order valence-corrected chi connectivity index (χ0v) is 11.3. The van der Waals surface area contributed by atoms with E-state index < -0.39 is 0 Å². The van der Waals surface area contributed by atoms with E-state index in [4.69, 9.17) is 5.73 Å². The molecule has 1 amide bonds. The van der Waals surface area contributed by atoms with E-state index in [1.165, 1.54) is 0 Å². The van der Waals surface area contributed by atoms with Gasteiger partial charge in [0.1, 0.15) is 0 Å². The maximum Gasteiger partial charge on any atom is 0.227 e. The summed E-state index contributed by atoms with van der Waals surface area (Å²) >= 11 is 0. The maximum atomic E-state index is 12.0. The van der Waals surface area contributed by atoms with Gasteiger partial charge in [0.2, 0.25) is 5.91 Å². The minimum absolute atomic E-state index is 0.00442. The number of hydrogen-bond donors (Lipinski definition) is 2. The Morgan fingerprint density at radius 2 is 1.82 bits per heavy atom. The molecule has 3 heteroatoms. The molecular weight excluding hydrogens is 212 g/mol. The smallest absolute Gasteiger partial charge is 0.227 e. The fraction of sp³-hybridized carbons (Fsp3) is 0.500. The van der Waals surface area contributed by atoms with Crippen LogP contribution in [0.1, 0.15) is 31.9 Å². The minimum Gasteiger partial charge on any atom is -0.398 e. The van der Waals surface area contributed by atoms with Crippen molar-refractivity contribution in [2.24, 2.45) is 11.8 Å². The lowest BCUT2D eigenvalue weighted by atomic mass is 9.96. The van der Waals surface area contributed by atoms with E-state index in [2.05, 4.69) is 5.32 Å². The van der Waals surface area contributed by atoms with Crippen LogP contribution in [0, 0.1) is 25.7 Å². The Morgan fingerprint density at radius 3 is 2.35 bits per heavy atom. The Balaban J connectivity index is 2.96. The predicted molar refractivity (Wildman–Crippen MR) is 73.0 cm³/mol. The van der Waals surface area contributed by atoms with Crippen molar-refractivity contribution in [2.45, 2.75) is 34.6 Å². The summed E-state index contributed by atoms with van der Waals surface area (Å²) in [5.41, 5.74) is 9.39. The molecule has 17 heavy (non-hydrogen) atoms. The van der Waals surface area contributed by atoms with Gasteiger partial charge in [-0.05, 0) is 37.0 Å². The topological polar surface area (TPSA) is 55.1 Å². The van der Waals surface area contributed by atoms with E-state index >= 15 is 0 Å². The number of rotatable bonds is 3. The SMILES string of the molecule is Cc1ccc(N)c(C)c1NC(=O)C(C)C(C)C. The lowest BCUT2D eigenvalue weighted by Crippen LogP contribution is -2.25. The van der Waals surface area contributed by atoms with Crippen LogP contribution in [0.5, 0.6) is 0 Å². The Hall–Kier alpha value is -1.51. The molecule has 0 aliphatic heterocycles. The van der Waals surface area contributed by atoms with Crippen LogP contribution in [0.4, 0.5) is 11.4 Å². The van der Waals surface area contributed by atoms with Crippen molar-refractivity contribution in [3.8, 4) is 0 Å². The molecule has 0 heterocycles. The number of nitrogens with one attached hydrogen (secondary N) is 1. The summed E-state index contributed by atoms with van der Waals surface area (Å²) in [5, 5.41) is 2.98. The van der Waals surface area contributed by atoms with Gasteiger partial charge in [0.25, 0.3) is 0 Å². The highest BCUT2D eigenvalue weighted by atomic mass is 16.1. The molecular formula is C14H22N2O. The van der Waals surface area contributed by atoms with Crippen molar-refractivity contribution in [3.05, 3.63) is 23.3 Å². The third-order valence-electron chi connectivity index (χ3n) is 3.38. The van der Waals surface area contributed by atoms with E-state index in [1.54, 1.807) is 0 Å². The highest BCUT2D eigenvalue weighted by molar-refractivity contribution is 5.94. The van der Waals surface area contributed by atoms with Crippen LogP contribution in [0.3, 0.4) is 0 Å². The number of nitrogen functional groups attached to an aromatic ring is 1. The van der Waals surface area contributed by atoms with Crippen LogP contribution in [0.2, 0.25) is 0 Å². The van der Waals surface area contributed by atoms with E-state index in [-0.39, 0.29) is 11.8 Å². The lowest BCUT2D eigenvalue weighted by Gasteiger charge is -2.18. The molecule has 0 saturated heterocycles. The van der Waals surface area contributed by atoms with Gasteiger partial charge in [-0.1, -0.05) is 26.8 Å². The largest absolute Gasteiger partial charge is 0.398 e. The number of nitrogens with two attached hydrogens (primary N) is 1. The second-order valence-corrected chi connectivity index (χ2v) is 4.99. The minimum atomic E-state index is -0.00442. The Bertz CT molecular complexity index is 424. The summed E-state index contributed by atoms with van der Waals surface area (Å²) in [6, 6.07) is 3.80. The third kappa shape index (κ3) is 2.99. The Morgan fingerprint density at radius 1 is 1.24 bits per heavy atom. The van der Waals surface area contributed by atoms with Crippen LogP contribution in [-0.4, -0.2) is 5.91 Å². The molecule has 1 rings (SSSR count). The van der Waals surface area contributed by atoms with Gasteiger partial charge in [0.15, 0.2) is 0 Å². The van der Waals surface area contributed by atoms with Crippen molar-refractivity contribution >= 4 is 17.3 Å². The average Bonchev–Trinajstić information content (AvgIpc) is 2.28. The van der Waals surface area contributed by atoms with Gasteiger partial charge >= 0.3 is 0 Å². The van der Waals surface area contributed by atoms with E-state index in [1.807, 2.05) is 46.8 Å². The quantitative estimate of drug-likeness (QED) is 0.789. The van der Waals surface area contributed by atoms with Gasteiger partial charge in [0.05, 0.1) is 0 Å². The first-order valence-corrected chi connectivity index (χ1v) is 6.01. The first-order valence-electron chi connectivity index (χ1n) is 6.01. The molecule has 0 aliphatic rings. The molecule has 0 saturated carbocycles. The zero-order valence-electron chi connectivity index (χ0n) is 11.3. The van der Waals surface area contributed by atoms with Gasteiger partial charge in [-0.25, -0.2) is 0 Å². The zero-order chi connectivity index (χ0) is 13.2. The second-order valence-electron chi connectivity index (χ2n) is 4.99. The van der Waals surface area contributed by atoms with Crippen molar-refractivity contribution in [3.63, 3.8) is 0 Å². The van der Waals surface area contributed by atoms with Crippen LogP contribution >= 0.6 is 0 Å². The first kappa shape index (κ1) is 13.6. The molecule has 0 fully saturated rings. The monoisotopic (exact) mass is 234 g/mol. The van der Waals surface area contributed by atoms with Crippen LogP contribution < -0.4 is 11.1 Å². The summed E-state index contributed by atoms with van der Waals surface area (Å²) in [7, 11) is 0. The third-order valence-corrected chi connectivity index (χ3v) is 3.38. The molecule has 3 N–H and O–H groups in total. The Kier molecular flexibility index (Phi) is 4.16. The second kappa shape index (κ2) is 5.21. The lowest BCUT2D eigenvalue weighted by molar-refractivity contribution is -0.120. The van der Waals surface area contributed by atoms with Gasteiger partial charge in [-0.15, -0.1) is 0 Å². The molecule has 0 aliphatic carbocycles. The molecule has 0 spiro atoms. The number of hydrogen-bond acceptors (Lipinski definition) is 2. The number of benzene rings is 1. The van der Waals surface area contributed by atoms with E-state index in [0.29, 0.717) is 11.6 Å². The summed E-state index contributed by atoms with van der Waals surface area (Å²) in [4.78, 5) is 12.0. The first-order chi connectivity index (χ1) is 7.84. The fourth-order valence-corrected chi connectivity index (χ4v) is 1.60. The molecule has 1 aromatic rings. The van der Waals surface area contributed by atoms with Crippen LogP contribution in [0.25, 0.3) is 0 Å². The van der Waals surface area contributed by atoms with Gasteiger partial charge in [-0.3, -0.25) is 4.79 Å². The van der Waals surface area contributed by atoms with Gasteiger partial charge < -0.3 is 11.1 Å². The Labute approximate surface area is 103 Å². The van der Waals surface area contributed by atoms with Crippen molar-refractivity contribution < 1.29 is 4.79 Å². The number of amides is 1. The summed E-state index contributed by atoms with van der Waals surface area (Å²) in [6.07, 6.45) is 0. The highest BCUT2D eigenvalue weighted by Gasteiger charge is 2.18. The molecule has 1 aromatic carbocycles. The molecule has 0 bridgehead atoms. The van der Waals surface area contributed by atoms with Crippen LogP contribution in [0.15, 0.2) is 12.1 Å². The number of anilines is 2. The van der Waals surface area contributed by atoms with Crippen molar-refractivity contribution in [1.82, 2.24) is 0 Å². The normalized spacial score (nSPS) is 12.6. The standard InChI is InChI=1S/C14H22N2O/c1-8(2)10(4)14(17)16-13-9(3)6-7-12(15)11(13)5/h6-8,10H,15H2,1-5H3,(H,16,17). The summed E-state index contributed by atoms with van der Waals surface area (Å²) in [5.74, 6) is 0.378. The number of carbonyl (C=O) groups is 1. The number of aryl methyl sites for hydroxylation is 1. The molecule has 3 nitrogen and oxygen atoms in total.